The number of aliphatic hydroxyl groups is 2. The van der Waals surface area contributed by atoms with E-state index in [0.717, 1.165) is 64.2 Å². The lowest BCUT2D eigenvalue weighted by atomic mass is 10.0. The molecule has 0 aromatic heterocycles. The second kappa shape index (κ2) is 34.5. The Morgan fingerprint density at radius 2 is 0.941 bits per heavy atom. The third-order valence-corrected chi connectivity index (χ3v) is 10.3. The molecule has 3 atom stereocenters. The lowest BCUT2D eigenvalue weighted by Gasteiger charge is -2.27. The van der Waals surface area contributed by atoms with E-state index >= 15 is 0 Å². The van der Waals surface area contributed by atoms with E-state index in [-0.39, 0.29) is 12.8 Å². The van der Waals surface area contributed by atoms with Crippen LogP contribution in [0.2, 0.25) is 0 Å². The summed E-state index contributed by atoms with van der Waals surface area (Å²) in [5, 5.41) is 19.4. The molecule has 0 rings (SSSR count). The van der Waals surface area contributed by atoms with Gasteiger partial charge in [-0.05, 0) is 38.5 Å². The molecule has 0 aliphatic heterocycles. The second-order valence-electron chi connectivity index (χ2n) is 14.2. The smallest absolute Gasteiger partial charge is 0.443 e. The van der Waals surface area contributed by atoms with Crippen molar-refractivity contribution in [3.63, 3.8) is 0 Å². The van der Waals surface area contributed by atoms with Gasteiger partial charge in [-0.2, -0.15) is 14.7 Å². The van der Waals surface area contributed by atoms with E-state index in [1.807, 2.05) is 0 Å². The number of hydrogen-bond acceptors (Lipinski definition) is 10. The highest BCUT2D eigenvalue weighted by atomic mass is 31.2. The van der Waals surface area contributed by atoms with Gasteiger partial charge in [-0.1, -0.05) is 154 Å². The minimum Gasteiger partial charge on any atom is -0.457 e. The van der Waals surface area contributed by atoms with Gasteiger partial charge >= 0.3 is 19.8 Å². The van der Waals surface area contributed by atoms with Crippen molar-refractivity contribution in [2.24, 2.45) is 0 Å². The fourth-order valence-corrected chi connectivity index (χ4v) is 6.92. The van der Waals surface area contributed by atoms with Gasteiger partial charge < -0.3 is 19.7 Å². The van der Waals surface area contributed by atoms with Crippen LogP contribution in [0, 0.1) is 0 Å². The first-order valence-electron chi connectivity index (χ1n) is 20.5. The van der Waals surface area contributed by atoms with Crippen LogP contribution in [0.5, 0.6) is 0 Å². The summed E-state index contributed by atoms with van der Waals surface area (Å²) in [6, 6.07) is 0. The number of hydrogen-bond donors (Lipinski definition) is 5. The van der Waals surface area contributed by atoms with Gasteiger partial charge in [0.25, 0.3) is 0 Å². The van der Waals surface area contributed by atoms with Crippen LogP contribution in [0.4, 0.5) is 0 Å². The molecule has 0 saturated heterocycles. The molecule has 0 saturated carbocycles. The monoisotopic (exact) mass is 748 g/mol. The average molecular weight is 748 g/mol. The third-order valence-electron chi connectivity index (χ3n) is 9.31. The molecule has 0 spiro atoms. The Labute approximate surface area is 310 Å². The van der Waals surface area contributed by atoms with Gasteiger partial charge in [-0.25, -0.2) is 0 Å². The lowest BCUT2D eigenvalue weighted by Crippen LogP contribution is -2.46. The van der Waals surface area contributed by atoms with Crippen LogP contribution in [0.3, 0.4) is 0 Å². The number of ether oxygens (including phenoxy) is 2. The Morgan fingerprint density at radius 1 is 0.549 bits per heavy atom. The molecule has 11 heteroatoms. The van der Waals surface area contributed by atoms with E-state index in [2.05, 4.69) is 26.0 Å². The molecule has 5 N–H and O–H groups in total. The lowest BCUT2D eigenvalue weighted by molar-refractivity contribution is -0.169. The number of Topliss-reactive ketones (excluding diaryl/α,β-unsaturated/α-hetero) is 2. The molecule has 0 aromatic rings. The summed E-state index contributed by atoms with van der Waals surface area (Å²) < 4.78 is 10.8. The Kier molecular flexibility index (Phi) is 33.7. The molecule has 0 bridgehead atoms. The second-order valence-corrected chi connectivity index (χ2v) is 15.9. The molecule has 0 radical (unpaired) electrons. The molecule has 0 aliphatic carbocycles. The molecule has 0 amide bonds. The number of carbonyl (C=O) groups is 3. The SMILES string of the molecule is CCCCCCCCC=CCCCCCCCC(=O)O[C@@H](CO)C(OC(C(=O)CO)[P+](O)(O)O)C(=O)CCCCCCCCCCCCCCC. The Morgan fingerprint density at radius 3 is 1.33 bits per heavy atom. The summed E-state index contributed by atoms with van der Waals surface area (Å²) in [7, 11) is -4.99. The van der Waals surface area contributed by atoms with E-state index in [0.29, 0.717) is 12.8 Å². The standard InChI is InChI=1S/C40H76O10P/c1-3-5-7-9-11-13-15-17-18-20-22-24-26-28-30-32-38(45)49-37(34-42)39(50-40(36(44)33-41)51(46,47)48)35(43)31-29-27-25-23-21-19-16-14-12-10-8-6-4-2/h17-18,37,39-42,46-48H,3-16,19-34H2,1-2H3/q+1/t37-,39?,40?/m0/s1. The predicted molar refractivity (Wildman–Crippen MR) is 206 cm³/mol. The normalized spacial score (nSPS) is 13.8. The fourth-order valence-electron chi connectivity index (χ4n) is 6.16. The molecular formula is C40H76O10P+. The number of allylic oxidation sites excluding steroid dienone is 2. The Balaban J connectivity index is 4.68. The number of unbranched alkanes of at least 4 members (excludes halogenated alkanes) is 23. The van der Waals surface area contributed by atoms with Gasteiger partial charge in [0.05, 0.1) is 6.61 Å². The predicted octanol–water partition coefficient (Wildman–Crippen LogP) is 8.99. The maximum atomic E-state index is 13.3. The summed E-state index contributed by atoms with van der Waals surface area (Å²) in [5.41, 5.74) is 0. The first-order chi connectivity index (χ1) is 24.6. The van der Waals surface area contributed by atoms with Gasteiger partial charge in [0, 0.05) is 12.8 Å². The maximum Gasteiger partial charge on any atom is 0.443 e. The number of ketones is 2. The summed E-state index contributed by atoms with van der Waals surface area (Å²) in [5.74, 6) is -4.81. The largest absolute Gasteiger partial charge is 0.457 e. The molecule has 51 heavy (non-hydrogen) atoms. The molecule has 0 aliphatic rings. The number of aliphatic hydroxyl groups excluding tert-OH is 2. The third kappa shape index (κ3) is 28.9. The highest BCUT2D eigenvalue weighted by Gasteiger charge is 2.52. The van der Waals surface area contributed by atoms with Crippen molar-refractivity contribution >= 4 is 25.5 Å². The van der Waals surface area contributed by atoms with Crippen LogP contribution in [0.1, 0.15) is 194 Å². The average Bonchev–Trinajstić information content (AvgIpc) is 3.10. The molecule has 0 aromatic carbocycles. The van der Waals surface area contributed by atoms with Crippen LogP contribution in [-0.4, -0.2) is 73.7 Å². The van der Waals surface area contributed by atoms with Crippen LogP contribution >= 0.6 is 7.94 Å². The van der Waals surface area contributed by atoms with Crippen LogP contribution in [0.25, 0.3) is 0 Å². The summed E-state index contributed by atoms with van der Waals surface area (Å²) >= 11 is 0. The van der Waals surface area contributed by atoms with Gasteiger partial charge in [0.15, 0.2) is 18.0 Å². The summed E-state index contributed by atoms with van der Waals surface area (Å²) in [4.78, 5) is 67.6. The minimum absolute atomic E-state index is 0.0154. The zero-order valence-corrected chi connectivity index (χ0v) is 33.2. The quantitative estimate of drug-likeness (QED) is 0.0178. The van der Waals surface area contributed by atoms with Crippen LogP contribution in [-0.2, 0) is 23.9 Å². The van der Waals surface area contributed by atoms with Crippen molar-refractivity contribution in [3.8, 4) is 0 Å². The van der Waals surface area contributed by atoms with Crippen LogP contribution in [0.15, 0.2) is 12.2 Å². The van der Waals surface area contributed by atoms with Gasteiger partial charge in [0.1, 0.15) is 6.61 Å². The van der Waals surface area contributed by atoms with E-state index in [4.69, 9.17) is 9.47 Å². The Bertz CT molecular complexity index is 876. The van der Waals surface area contributed by atoms with Crippen molar-refractivity contribution in [1.29, 1.82) is 0 Å². The van der Waals surface area contributed by atoms with Gasteiger partial charge in [0.2, 0.25) is 5.78 Å². The van der Waals surface area contributed by atoms with E-state index in [9.17, 15) is 39.3 Å². The molecule has 0 heterocycles. The highest BCUT2D eigenvalue weighted by molar-refractivity contribution is 7.60. The minimum atomic E-state index is -4.99. The van der Waals surface area contributed by atoms with Crippen molar-refractivity contribution in [3.05, 3.63) is 12.2 Å². The molecular weight excluding hydrogens is 671 g/mol. The first-order valence-corrected chi connectivity index (χ1v) is 22.2. The maximum absolute atomic E-state index is 13.3. The zero-order valence-electron chi connectivity index (χ0n) is 32.3. The Hall–Kier alpha value is -1.26. The summed E-state index contributed by atoms with van der Waals surface area (Å²) in [6.07, 6.45) is 30.4. The van der Waals surface area contributed by atoms with E-state index in [1.165, 1.54) is 89.9 Å². The highest BCUT2D eigenvalue weighted by Crippen LogP contribution is 2.51. The number of rotatable bonds is 38. The van der Waals surface area contributed by atoms with Gasteiger partial charge in [-0.3, -0.25) is 14.4 Å². The van der Waals surface area contributed by atoms with Crippen molar-refractivity contribution in [2.45, 2.75) is 212 Å². The molecule has 2 unspecified atom stereocenters. The van der Waals surface area contributed by atoms with E-state index in [1.54, 1.807) is 0 Å². The zero-order chi connectivity index (χ0) is 38.0. The van der Waals surface area contributed by atoms with E-state index < -0.39 is 56.7 Å². The van der Waals surface area contributed by atoms with Gasteiger partial charge in [-0.15, -0.1) is 0 Å². The molecule has 10 nitrogen and oxygen atoms in total. The molecule has 0 fully saturated rings. The topological polar surface area (TPSA) is 171 Å². The van der Waals surface area contributed by atoms with Crippen LogP contribution < -0.4 is 0 Å². The first kappa shape index (κ1) is 49.7. The number of carbonyl (C=O) groups excluding carboxylic acids is 3. The van der Waals surface area contributed by atoms with Crippen molar-refractivity contribution < 1.29 is 48.8 Å². The van der Waals surface area contributed by atoms with Crippen molar-refractivity contribution in [2.75, 3.05) is 13.2 Å². The molecule has 300 valence electrons. The summed E-state index contributed by atoms with van der Waals surface area (Å²) in [6.45, 7) is 2.46. The number of esters is 1. The van der Waals surface area contributed by atoms with Crippen molar-refractivity contribution in [1.82, 2.24) is 0 Å². The fraction of sp³-hybridized carbons (Fsp3) is 0.875.